The Bertz CT molecular complexity index is 390. The average Bonchev–Trinajstić information content (AvgIpc) is 2.38. The molecule has 0 bridgehead atoms. The fourth-order valence-corrected chi connectivity index (χ4v) is 3.21. The van der Waals surface area contributed by atoms with Crippen molar-refractivity contribution in [2.45, 2.75) is 26.3 Å². The van der Waals surface area contributed by atoms with Gasteiger partial charge in [0.25, 0.3) is 0 Å². The monoisotopic (exact) mass is 307 g/mol. The predicted molar refractivity (Wildman–Crippen MR) is 83.2 cm³/mol. The Labute approximate surface area is 122 Å². The van der Waals surface area contributed by atoms with Crippen molar-refractivity contribution in [2.75, 3.05) is 44.2 Å². The first-order valence-corrected chi connectivity index (χ1v) is 9.05. The highest BCUT2D eigenvalue weighted by atomic mass is 32.2. The summed E-state index contributed by atoms with van der Waals surface area (Å²) in [6, 6.07) is 0.151. The Kier molecular flexibility index (Phi) is 6.65. The molecule has 1 atom stereocenters. The van der Waals surface area contributed by atoms with E-state index in [1.807, 2.05) is 6.92 Å². The summed E-state index contributed by atoms with van der Waals surface area (Å²) >= 11 is 5.01. The molecule has 0 saturated carbocycles. The van der Waals surface area contributed by atoms with Gasteiger partial charge in [-0.3, -0.25) is 4.90 Å². The number of hydrogen-bond acceptors (Lipinski definition) is 5. The van der Waals surface area contributed by atoms with E-state index >= 15 is 0 Å². The van der Waals surface area contributed by atoms with Crippen molar-refractivity contribution in [3.05, 3.63) is 0 Å². The third kappa shape index (κ3) is 5.72. The second kappa shape index (κ2) is 7.52. The smallest absolute Gasteiger partial charge is 0.150 e. The number of thiocarbonyl (C=S) groups is 1. The minimum absolute atomic E-state index is 0.151. The third-order valence-electron chi connectivity index (χ3n) is 3.74. The largest absolute Gasteiger partial charge is 0.392 e. The zero-order valence-electron chi connectivity index (χ0n) is 11.8. The lowest BCUT2D eigenvalue weighted by molar-refractivity contribution is 0.123. The highest BCUT2D eigenvalue weighted by molar-refractivity contribution is 7.91. The van der Waals surface area contributed by atoms with E-state index in [-0.39, 0.29) is 11.8 Å². The van der Waals surface area contributed by atoms with Gasteiger partial charge in [-0.25, -0.2) is 8.42 Å². The lowest BCUT2D eigenvalue weighted by Crippen LogP contribution is -2.52. The average molecular weight is 307 g/mol. The van der Waals surface area contributed by atoms with E-state index in [0.29, 0.717) is 10.7 Å². The molecule has 7 heteroatoms. The molecular formula is C12H25N3O2S2. The number of piperazine rings is 1. The van der Waals surface area contributed by atoms with Gasteiger partial charge in [0, 0.05) is 31.9 Å². The van der Waals surface area contributed by atoms with Crippen molar-refractivity contribution in [3.8, 4) is 0 Å². The summed E-state index contributed by atoms with van der Waals surface area (Å²) < 4.78 is 22.8. The molecule has 19 heavy (non-hydrogen) atoms. The summed E-state index contributed by atoms with van der Waals surface area (Å²) in [7, 11) is -2.83. The van der Waals surface area contributed by atoms with Crippen molar-refractivity contribution in [3.63, 3.8) is 0 Å². The fraction of sp³-hybridized carbons (Fsp3) is 0.917. The molecule has 1 aliphatic rings. The molecule has 1 rings (SSSR count). The van der Waals surface area contributed by atoms with Crippen LogP contribution in [0.15, 0.2) is 0 Å². The molecule has 0 aromatic heterocycles. The van der Waals surface area contributed by atoms with Crippen LogP contribution in [-0.4, -0.2) is 73.5 Å². The van der Waals surface area contributed by atoms with Crippen molar-refractivity contribution in [2.24, 2.45) is 5.73 Å². The van der Waals surface area contributed by atoms with Crippen LogP contribution in [0.2, 0.25) is 0 Å². The first-order valence-electron chi connectivity index (χ1n) is 6.82. The van der Waals surface area contributed by atoms with Crippen LogP contribution in [0.3, 0.4) is 0 Å². The SMILES string of the molecule is CCS(=O)(=O)CCCN1CCN(C(C)C(N)=S)CC1. The van der Waals surface area contributed by atoms with E-state index in [2.05, 4.69) is 9.80 Å². The maximum atomic E-state index is 11.4. The van der Waals surface area contributed by atoms with Crippen LogP contribution in [0.25, 0.3) is 0 Å². The Hall–Kier alpha value is -0.240. The van der Waals surface area contributed by atoms with Crippen LogP contribution < -0.4 is 5.73 Å². The van der Waals surface area contributed by atoms with Gasteiger partial charge in [0.05, 0.1) is 16.8 Å². The fourth-order valence-electron chi connectivity index (χ4n) is 2.21. The van der Waals surface area contributed by atoms with Gasteiger partial charge in [-0.15, -0.1) is 0 Å². The summed E-state index contributed by atoms with van der Waals surface area (Å²) in [4.78, 5) is 5.14. The van der Waals surface area contributed by atoms with Gasteiger partial charge in [0.1, 0.15) is 9.84 Å². The van der Waals surface area contributed by atoms with Gasteiger partial charge in [-0.05, 0) is 19.9 Å². The molecule has 1 saturated heterocycles. The van der Waals surface area contributed by atoms with Gasteiger partial charge < -0.3 is 10.6 Å². The molecule has 1 fully saturated rings. The van der Waals surface area contributed by atoms with Crippen LogP contribution in [0, 0.1) is 0 Å². The molecule has 0 aliphatic carbocycles. The molecule has 0 amide bonds. The predicted octanol–water partition coefficient (Wildman–Crippen LogP) is 0.103. The summed E-state index contributed by atoms with van der Waals surface area (Å²) in [6.45, 7) is 8.39. The minimum Gasteiger partial charge on any atom is -0.392 e. The van der Waals surface area contributed by atoms with E-state index in [0.717, 1.165) is 39.1 Å². The van der Waals surface area contributed by atoms with E-state index in [1.54, 1.807) is 6.92 Å². The molecule has 0 aromatic rings. The number of sulfone groups is 1. The number of nitrogens with zero attached hydrogens (tertiary/aromatic N) is 2. The van der Waals surface area contributed by atoms with Crippen molar-refractivity contribution in [1.29, 1.82) is 0 Å². The molecule has 5 nitrogen and oxygen atoms in total. The molecule has 0 aromatic carbocycles. The lowest BCUT2D eigenvalue weighted by atomic mass is 10.2. The second-order valence-electron chi connectivity index (χ2n) is 5.05. The van der Waals surface area contributed by atoms with Crippen LogP contribution in [0.1, 0.15) is 20.3 Å². The second-order valence-corrected chi connectivity index (χ2v) is 7.99. The van der Waals surface area contributed by atoms with Crippen LogP contribution in [0.4, 0.5) is 0 Å². The number of hydrogen-bond donors (Lipinski definition) is 1. The maximum absolute atomic E-state index is 11.4. The normalized spacial score (nSPS) is 20.3. The Morgan fingerprint density at radius 1 is 1.32 bits per heavy atom. The number of nitrogens with two attached hydrogens (primary N) is 1. The Morgan fingerprint density at radius 3 is 2.37 bits per heavy atom. The van der Waals surface area contributed by atoms with Crippen LogP contribution in [-0.2, 0) is 9.84 Å². The first-order chi connectivity index (χ1) is 8.85. The molecule has 1 aliphatic heterocycles. The Balaban J connectivity index is 2.26. The van der Waals surface area contributed by atoms with Gasteiger partial charge in [0.15, 0.2) is 0 Å². The van der Waals surface area contributed by atoms with Crippen molar-refractivity contribution < 1.29 is 8.42 Å². The zero-order chi connectivity index (χ0) is 14.5. The molecule has 1 unspecified atom stereocenters. The van der Waals surface area contributed by atoms with Crippen LogP contribution in [0.5, 0.6) is 0 Å². The van der Waals surface area contributed by atoms with Crippen molar-refractivity contribution in [1.82, 2.24) is 9.80 Å². The van der Waals surface area contributed by atoms with Gasteiger partial charge in [0.2, 0.25) is 0 Å². The molecular weight excluding hydrogens is 282 g/mol. The highest BCUT2D eigenvalue weighted by Crippen LogP contribution is 2.07. The molecule has 1 heterocycles. The number of rotatable bonds is 7. The maximum Gasteiger partial charge on any atom is 0.150 e. The molecule has 112 valence electrons. The topological polar surface area (TPSA) is 66.6 Å². The first kappa shape index (κ1) is 16.8. The van der Waals surface area contributed by atoms with Gasteiger partial charge in [-0.1, -0.05) is 19.1 Å². The van der Waals surface area contributed by atoms with E-state index in [1.165, 1.54) is 0 Å². The lowest BCUT2D eigenvalue weighted by Gasteiger charge is -2.37. The Morgan fingerprint density at radius 2 is 1.89 bits per heavy atom. The van der Waals surface area contributed by atoms with E-state index in [4.69, 9.17) is 18.0 Å². The third-order valence-corrected chi connectivity index (χ3v) is 5.87. The highest BCUT2D eigenvalue weighted by Gasteiger charge is 2.22. The van der Waals surface area contributed by atoms with Crippen molar-refractivity contribution >= 4 is 27.0 Å². The molecule has 0 radical (unpaired) electrons. The summed E-state index contributed by atoms with van der Waals surface area (Å²) in [6.07, 6.45) is 0.723. The summed E-state index contributed by atoms with van der Waals surface area (Å²) in [5.74, 6) is 0.541. The van der Waals surface area contributed by atoms with Gasteiger partial charge in [-0.2, -0.15) is 0 Å². The van der Waals surface area contributed by atoms with E-state index < -0.39 is 9.84 Å². The van der Waals surface area contributed by atoms with Gasteiger partial charge >= 0.3 is 0 Å². The van der Waals surface area contributed by atoms with E-state index in [9.17, 15) is 8.42 Å². The molecule has 2 N–H and O–H groups in total. The minimum atomic E-state index is -2.83. The summed E-state index contributed by atoms with van der Waals surface area (Å²) in [5.41, 5.74) is 5.65. The molecule has 0 spiro atoms. The summed E-state index contributed by atoms with van der Waals surface area (Å²) in [5, 5.41) is 0. The van der Waals surface area contributed by atoms with Crippen LogP contribution >= 0.6 is 12.2 Å². The zero-order valence-corrected chi connectivity index (χ0v) is 13.5. The standard InChI is InChI=1S/C12H25N3O2S2/c1-3-19(16,17)10-4-5-14-6-8-15(9-7-14)11(2)12(13)18/h11H,3-10H2,1-2H3,(H2,13,18). The quantitative estimate of drug-likeness (QED) is 0.673.